The number of hydrogen-bond donors (Lipinski definition) is 1. The molecule has 0 heterocycles. The van der Waals surface area contributed by atoms with E-state index < -0.39 is 5.79 Å². The zero-order valence-corrected chi connectivity index (χ0v) is 10.5. The minimum absolute atomic E-state index is 0.245. The van der Waals surface area contributed by atoms with Gasteiger partial charge in [0.25, 0.3) is 0 Å². The van der Waals surface area contributed by atoms with Crippen LogP contribution in [0.1, 0.15) is 5.56 Å². The highest BCUT2D eigenvalue weighted by Gasteiger charge is 2.33. The molecule has 1 aliphatic rings. The van der Waals surface area contributed by atoms with E-state index in [0.29, 0.717) is 0 Å². The fraction of sp³-hybridized carbons (Fsp3) is 0.231. The van der Waals surface area contributed by atoms with Crippen LogP contribution in [0.15, 0.2) is 48.6 Å². The zero-order chi connectivity index (χ0) is 11.6. The molecule has 2 atom stereocenters. The Balaban J connectivity index is 2.30. The zero-order valence-electron chi connectivity index (χ0n) is 8.93. The molecule has 0 saturated carbocycles. The van der Waals surface area contributed by atoms with Gasteiger partial charge in [-0.1, -0.05) is 58.4 Å². The molecular weight excluding hydrogens is 268 g/mol. The van der Waals surface area contributed by atoms with Gasteiger partial charge in [0.05, 0.1) is 4.83 Å². The predicted molar refractivity (Wildman–Crippen MR) is 68.2 cm³/mol. The lowest BCUT2D eigenvalue weighted by molar-refractivity contribution is -0.137. The Labute approximate surface area is 103 Å². The fourth-order valence-corrected chi connectivity index (χ4v) is 2.26. The van der Waals surface area contributed by atoms with E-state index in [0.717, 1.165) is 11.1 Å². The summed E-state index contributed by atoms with van der Waals surface area (Å²) in [6.45, 7) is 0. The summed E-state index contributed by atoms with van der Waals surface area (Å²) in [6.07, 6.45) is 5.48. The highest BCUT2D eigenvalue weighted by Crippen LogP contribution is 2.31. The average Bonchev–Trinajstić information content (AvgIpc) is 2.34. The maximum absolute atomic E-state index is 10.0. The molecule has 0 amide bonds. The second-order valence-electron chi connectivity index (χ2n) is 3.68. The first-order valence-corrected chi connectivity index (χ1v) is 5.95. The van der Waals surface area contributed by atoms with Crippen LogP contribution in [0.3, 0.4) is 0 Å². The van der Waals surface area contributed by atoms with Gasteiger partial charge < -0.3 is 9.84 Å². The second-order valence-corrected chi connectivity index (χ2v) is 4.67. The molecule has 1 aromatic rings. The van der Waals surface area contributed by atoms with Gasteiger partial charge in [-0.3, -0.25) is 0 Å². The summed E-state index contributed by atoms with van der Waals surface area (Å²) >= 11 is 3.41. The number of ether oxygens (including phenoxy) is 1. The molecule has 0 radical (unpaired) electrons. The van der Waals surface area contributed by atoms with Crippen molar-refractivity contribution in [3.63, 3.8) is 0 Å². The summed E-state index contributed by atoms with van der Waals surface area (Å²) < 4.78 is 5.05. The molecule has 0 saturated heterocycles. The molecule has 0 spiro atoms. The molecular formula is C13H13BrO2. The number of rotatable bonds is 2. The largest absolute Gasteiger partial charge is 0.361 e. The Morgan fingerprint density at radius 2 is 2.00 bits per heavy atom. The van der Waals surface area contributed by atoms with Gasteiger partial charge in [-0.25, -0.2) is 0 Å². The molecule has 0 fully saturated rings. The molecule has 2 unspecified atom stereocenters. The third-order valence-corrected chi connectivity index (χ3v) is 3.58. The van der Waals surface area contributed by atoms with Gasteiger partial charge in [0, 0.05) is 7.11 Å². The molecule has 0 aromatic heterocycles. The van der Waals surface area contributed by atoms with E-state index in [1.165, 1.54) is 7.11 Å². The lowest BCUT2D eigenvalue weighted by Gasteiger charge is -2.29. The van der Waals surface area contributed by atoms with Gasteiger partial charge in [-0.15, -0.1) is 0 Å². The standard InChI is InChI=1S/C13H13BrO2/c1-16-13(15)8-7-11(9-12(13)14)10-5-3-2-4-6-10/h2-9,12,15H,1H3. The minimum Gasteiger partial charge on any atom is -0.361 e. The lowest BCUT2D eigenvalue weighted by atomic mass is 9.96. The van der Waals surface area contributed by atoms with Crippen LogP contribution in [-0.4, -0.2) is 22.8 Å². The predicted octanol–water partition coefficient (Wildman–Crippen LogP) is 2.74. The van der Waals surface area contributed by atoms with Crippen LogP contribution in [0.4, 0.5) is 0 Å². The van der Waals surface area contributed by atoms with Gasteiger partial charge in [0.1, 0.15) is 0 Å². The maximum Gasteiger partial charge on any atom is 0.201 e. The molecule has 1 aliphatic carbocycles. The van der Waals surface area contributed by atoms with E-state index in [9.17, 15) is 5.11 Å². The molecule has 84 valence electrons. The number of methoxy groups -OCH3 is 1. The Bertz CT molecular complexity index is 425. The summed E-state index contributed by atoms with van der Waals surface area (Å²) in [7, 11) is 1.49. The number of halogens is 1. The van der Waals surface area contributed by atoms with Gasteiger partial charge in [0.15, 0.2) is 0 Å². The van der Waals surface area contributed by atoms with Gasteiger partial charge in [-0.2, -0.15) is 0 Å². The molecule has 1 N–H and O–H groups in total. The van der Waals surface area contributed by atoms with Crippen molar-refractivity contribution in [3.8, 4) is 0 Å². The summed E-state index contributed by atoms with van der Waals surface area (Å²) in [5.74, 6) is -1.25. The lowest BCUT2D eigenvalue weighted by Crippen LogP contribution is -2.39. The Hall–Kier alpha value is -0.900. The molecule has 2 nitrogen and oxygen atoms in total. The van der Waals surface area contributed by atoms with E-state index in [1.54, 1.807) is 6.08 Å². The summed E-state index contributed by atoms with van der Waals surface area (Å²) in [5, 5.41) is 10.0. The van der Waals surface area contributed by atoms with Crippen LogP contribution in [0, 0.1) is 0 Å². The smallest absolute Gasteiger partial charge is 0.201 e. The van der Waals surface area contributed by atoms with E-state index in [2.05, 4.69) is 15.9 Å². The van der Waals surface area contributed by atoms with E-state index in [-0.39, 0.29) is 4.83 Å². The van der Waals surface area contributed by atoms with Crippen LogP contribution < -0.4 is 0 Å². The number of allylic oxidation sites excluding steroid dienone is 2. The van der Waals surface area contributed by atoms with Gasteiger partial charge in [0.2, 0.25) is 5.79 Å². The quantitative estimate of drug-likeness (QED) is 0.667. The topological polar surface area (TPSA) is 29.5 Å². The summed E-state index contributed by atoms with van der Waals surface area (Å²) in [4.78, 5) is -0.245. The van der Waals surface area contributed by atoms with E-state index in [1.807, 2.05) is 42.5 Å². The Kier molecular flexibility index (Phi) is 3.28. The number of alkyl halides is 1. The summed E-state index contributed by atoms with van der Waals surface area (Å²) in [5.41, 5.74) is 2.20. The average molecular weight is 281 g/mol. The molecule has 1 aromatic carbocycles. The minimum atomic E-state index is -1.25. The van der Waals surface area contributed by atoms with E-state index in [4.69, 9.17) is 4.74 Å². The summed E-state index contributed by atoms with van der Waals surface area (Å²) in [6, 6.07) is 10.0. The third kappa shape index (κ3) is 2.12. The van der Waals surface area contributed by atoms with Crippen molar-refractivity contribution < 1.29 is 9.84 Å². The third-order valence-electron chi connectivity index (χ3n) is 2.66. The van der Waals surface area contributed by atoms with Crippen LogP contribution >= 0.6 is 15.9 Å². The number of hydrogen-bond acceptors (Lipinski definition) is 2. The monoisotopic (exact) mass is 280 g/mol. The highest BCUT2D eigenvalue weighted by atomic mass is 79.9. The SMILES string of the molecule is COC1(O)C=CC(c2ccccc2)=CC1Br. The Morgan fingerprint density at radius 1 is 1.31 bits per heavy atom. The first kappa shape index (κ1) is 11.6. The van der Waals surface area contributed by atoms with Crippen molar-refractivity contribution in [2.75, 3.05) is 7.11 Å². The second kappa shape index (κ2) is 4.53. The normalized spacial score (nSPS) is 28.9. The van der Waals surface area contributed by atoms with Crippen molar-refractivity contribution in [3.05, 3.63) is 54.1 Å². The molecule has 0 aliphatic heterocycles. The number of aliphatic hydroxyl groups is 1. The number of benzene rings is 1. The van der Waals surface area contributed by atoms with Crippen LogP contribution in [0.5, 0.6) is 0 Å². The maximum atomic E-state index is 10.0. The first-order valence-electron chi connectivity index (χ1n) is 5.04. The van der Waals surface area contributed by atoms with Crippen LogP contribution in [0.2, 0.25) is 0 Å². The van der Waals surface area contributed by atoms with Crippen molar-refractivity contribution in [1.82, 2.24) is 0 Å². The highest BCUT2D eigenvalue weighted by molar-refractivity contribution is 9.09. The Morgan fingerprint density at radius 3 is 2.56 bits per heavy atom. The first-order chi connectivity index (χ1) is 7.65. The molecule has 0 bridgehead atoms. The fourth-order valence-electron chi connectivity index (χ4n) is 1.64. The molecule has 2 rings (SSSR count). The van der Waals surface area contributed by atoms with Crippen molar-refractivity contribution in [2.24, 2.45) is 0 Å². The van der Waals surface area contributed by atoms with Crippen LogP contribution in [-0.2, 0) is 4.74 Å². The van der Waals surface area contributed by atoms with Gasteiger partial charge in [-0.05, 0) is 17.2 Å². The molecule has 16 heavy (non-hydrogen) atoms. The molecule has 3 heteroatoms. The van der Waals surface area contributed by atoms with Crippen molar-refractivity contribution in [1.29, 1.82) is 0 Å². The van der Waals surface area contributed by atoms with Crippen molar-refractivity contribution >= 4 is 21.5 Å². The van der Waals surface area contributed by atoms with Gasteiger partial charge >= 0.3 is 0 Å². The van der Waals surface area contributed by atoms with Crippen LogP contribution in [0.25, 0.3) is 5.57 Å². The van der Waals surface area contributed by atoms with E-state index >= 15 is 0 Å². The van der Waals surface area contributed by atoms with Crippen molar-refractivity contribution in [2.45, 2.75) is 10.6 Å².